The summed E-state index contributed by atoms with van der Waals surface area (Å²) in [5.74, 6) is 0.717. The van der Waals surface area contributed by atoms with E-state index in [4.69, 9.17) is 4.74 Å². The van der Waals surface area contributed by atoms with E-state index in [0.29, 0.717) is 11.8 Å². The van der Waals surface area contributed by atoms with Crippen molar-refractivity contribution in [2.45, 2.75) is 39.3 Å². The summed E-state index contributed by atoms with van der Waals surface area (Å²) in [6.07, 6.45) is 2.16. The van der Waals surface area contributed by atoms with Crippen LogP contribution in [0.1, 0.15) is 31.7 Å². The molecule has 2 heterocycles. The number of hydrogen-bond donors (Lipinski definition) is 2. The molecule has 0 spiro atoms. The third kappa shape index (κ3) is 5.86. The van der Waals surface area contributed by atoms with Crippen molar-refractivity contribution in [1.29, 1.82) is 0 Å². The Bertz CT molecular complexity index is 405. The Balaban J connectivity index is 1.61. The highest BCUT2D eigenvalue weighted by molar-refractivity contribution is 7.13. The van der Waals surface area contributed by atoms with E-state index in [0.717, 1.165) is 43.6 Å². The highest BCUT2D eigenvalue weighted by atomic mass is 32.1. The Morgan fingerprint density at radius 1 is 1.43 bits per heavy atom. The molecule has 0 aliphatic carbocycles. The van der Waals surface area contributed by atoms with Gasteiger partial charge in [-0.3, -0.25) is 0 Å². The van der Waals surface area contributed by atoms with E-state index in [1.807, 2.05) is 13.8 Å². The molecule has 21 heavy (non-hydrogen) atoms. The first-order chi connectivity index (χ1) is 10.2. The molecule has 6 nitrogen and oxygen atoms in total. The molecule has 0 amide bonds. The monoisotopic (exact) mass is 314 g/mol. The first-order valence-corrected chi connectivity index (χ1v) is 8.55. The molecule has 1 aromatic heterocycles. The average Bonchev–Trinajstić information content (AvgIpc) is 2.88. The van der Waals surface area contributed by atoms with Crippen molar-refractivity contribution in [3.8, 4) is 5.19 Å². The van der Waals surface area contributed by atoms with Gasteiger partial charge in [0.1, 0.15) is 5.01 Å². The van der Waals surface area contributed by atoms with Gasteiger partial charge in [-0.2, -0.15) is 0 Å². The van der Waals surface area contributed by atoms with Crippen molar-refractivity contribution in [3.63, 3.8) is 0 Å². The Kier molecular flexibility index (Phi) is 6.82. The van der Waals surface area contributed by atoms with Crippen molar-refractivity contribution < 1.29 is 9.84 Å². The summed E-state index contributed by atoms with van der Waals surface area (Å²) in [7, 11) is 0. The first-order valence-electron chi connectivity index (χ1n) is 7.73. The van der Waals surface area contributed by atoms with Crippen LogP contribution < -0.4 is 10.1 Å². The molecule has 2 N–H and O–H groups in total. The molecule has 1 aromatic rings. The Labute approximate surface area is 130 Å². The van der Waals surface area contributed by atoms with Crippen molar-refractivity contribution >= 4 is 11.3 Å². The molecule has 0 radical (unpaired) electrons. The zero-order valence-corrected chi connectivity index (χ0v) is 13.7. The van der Waals surface area contributed by atoms with Crippen LogP contribution in [0.25, 0.3) is 0 Å². The molecule has 2 rings (SSSR count). The molecule has 1 aliphatic rings. The van der Waals surface area contributed by atoms with Gasteiger partial charge in [-0.25, -0.2) is 0 Å². The van der Waals surface area contributed by atoms with E-state index >= 15 is 0 Å². The third-order valence-electron chi connectivity index (χ3n) is 3.65. The van der Waals surface area contributed by atoms with Crippen LogP contribution in [0.15, 0.2) is 0 Å². The van der Waals surface area contributed by atoms with Gasteiger partial charge in [0.15, 0.2) is 0 Å². The minimum absolute atomic E-state index is 0.225. The van der Waals surface area contributed by atoms with Gasteiger partial charge in [0.05, 0.1) is 12.7 Å². The molecule has 0 saturated carbocycles. The molecule has 0 aromatic carbocycles. The SMILES string of the molecule is CCOc1nnc(CNCC2CCN(CC(C)O)CC2)s1. The van der Waals surface area contributed by atoms with Gasteiger partial charge in [0.25, 0.3) is 5.19 Å². The van der Waals surface area contributed by atoms with Gasteiger partial charge < -0.3 is 20.1 Å². The number of nitrogens with zero attached hydrogens (tertiary/aromatic N) is 3. The molecular weight excluding hydrogens is 288 g/mol. The molecule has 1 unspecified atom stereocenters. The molecule has 0 bridgehead atoms. The molecule has 1 aliphatic heterocycles. The Morgan fingerprint density at radius 2 is 2.19 bits per heavy atom. The number of rotatable bonds is 8. The van der Waals surface area contributed by atoms with Crippen LogP contribution in [0.5, 0.6) is 5.19 Å². The minimum Gasteiger partial charge on any atom is -0.469 e. The highest BCUT2D eigenvalue weighted by Crippen LogP contribution is 2.19. The van der Waals surface area contributed by atoms with Crippen LogP contribution >= 0.6 is 11.3 Å². The number of likely N-dealkylation sites (tertiary alicyclic amines) is 1. The van der Waals surface area contributed by atoms with E-state index in [1.54, 1.807) is 0 Å². The number of aliphatic hydroxyl groups is 1. The average molecular weight is 314 g/mol. The van der Waals surface area contributed by atoms with Gasteiger partial charge in [0.2, 0.25) is 0 Å². The minimum atomic E-state index is -0.225. The largest absolute Gasteiger partial charge is 0.469 e. The summed E-state index contributed by atoms with van der Waals surface area (Å²) >= 11 is 1.51. The number of ether oxygens (including phenoxy) is 1. The summed E-state index contributed by atoms with van der Waals surface area (Å²) in [5.41, 5.74) is 0. The van der Waals surface area contributed by atoms with Gasteiger partial charge in [0, 0.05) is 13.1 Å². The zero-order chi connectivity index (χ0) is 15.1. The molecule has 1 fully saturated rings. The lowest BCUT2D eigenvalue weighted by Gasteiger charge is -2.32. The zero-order valence-electron chi connectivity index (χ0n) is 12.9. The molecule has 1 saturated heterocycles. The lowest BCUT2D eigenvalue weighted by Crippen LogP contribution is -2.40. The summed E-state index contributed by atoms with van der Waals surface area (Å²) in [6, 6.07) is 0. The van der Waals surface area contributed by atoms with Gasteiger partial charge in [-0.1, -0.05) is 11.3 Å². The number of aliphatic hydroxyl groups excluding tert-OH is 1. The van der Waals surface area contributed by atoms with Crippen LogP contribution in [-0.4, -0.2) is 59.1 Å². The number of β-amino-alcohol motifs (C(OH)–C–C–N with tert-alkyl or cyclic N) is 1. The topological polar surface area (TPSA) is 70.5 Å². The first kappa shape index (κ1) is 16.6. The fraction of sp³-hybridized carbons (Fsp3) is 0.857. The van der Waals surface area contributed by atoms with E-state index in [-0.39, 0.29) is 6.10 Å². The maximum Gasteiger partial charge on any atom is 0.294 e. The molecule has 1 atom stereocenters. The van der Waals surface area contributed by atoms with Crippen LogP contribution in [0.4, 0.5) is 0 Å². The van der Waals surface area contributed by atoms with E-state index in [1.165, 1.54) is 24.2 Å². The van der Waals surface area contributed by atoms with Crippen molar-refractivity contribution in [1.82, 2.24) is 20.4 Å². The molecule has 7 heteroatoms. The predicted octanol–water partition coefficient (Wildman–Crippen LogP) is 1.12. The maximum atomic E-state index is 9.40. The Morgan fingerprint density at radius 3 is 2.86 bits per heavy atom. The summed E-state index contributed by atoms with van der Waals surface area (Å²) in [5, 5.41) is 22.6. The second kappa shape index (κ2) is 8.63. The van der Waals surface area contributed by atoms with Gasteiger partial charge in [-0.05, 0) is 52.2 Å². The van der Waals surface area contributed by atoms with Crippen molar-refractivity contribution in [2.24, 2.45) is 5.92 Å². The number of piperidine rings is 1. The second-order valence-electron chi connectivity index (χ2n) is 5.62. The van der Waals surface area contributed by atoms with E-state index in [2.05, 4.69) is 20.4 Å². The van der Waals surface area contributed by atoms with Gasteiger partial charge >= 0.3 is 0 Å². The second-order valence-corrected chi connectivity index (χ2v) is 6.64. The van der Waals surface area contributed by atoms with Crippen LogP contribution in [0, 0.1) is 5.92 Å². The quantitative estimate of drug-likeness (QED) is 0.749. The standard InChI is InChI=1S/C14H26N4O2S/c1-3-20-14-17-16-13(21-14)9-15-8-12-4-6-18(7-5-12)10-11(2)19/h11-12,15,19H,3-10H2,1-2H3. The number of hydrogen-bond acceptors (Lipinski definition) is 7. The number of nitrogens with one attached hydrogen (secondary N) is 1. The lowest BCUT2D eigenvalue weighted by molar-refractivity contribution is 0.0998. The summed E-state index contributed by atoms with van der Waals surface area (Å²) < 4.78 is 5.32. The normalized spacial score (nSPS) is 18.8. The summed E-state index contributed by atoms with van der Waals surface area (Å²) in [4.78, 5) is 2.35. The van der Waals surface area contributed by atoms with Crippen LogP contribution in [0.2, 0.25) is 0 Å². The third-order valence-corrected chi connectivity index (χ3v) is 4.49. The van der Waals surface area contributed by atoms with E-state index in [9.17, 15) is 5.11 Å². The smallest absolute Gasteiger partial charge is 0.294 e. The van der Waals surface area contributed by atoms with E-state index < -0.39 is 0 Å². The van der Waals surface area contributed by atoms with Crippen LogP contribution in [0.3, 0.4) is 0 Å². The fourth-order valence-electron chi connectivity index (χ4n) is 2.62. The van der Waals surface area contributed by atoms with Crippen molar-refractivity contribution in [3.05, 3.63) is 5.01 Å². The number of aromatic nitrogens is 2. The predicted molar refractivity (Wildman–Crippen MR) is 83.6 cm³/mol. The highest BCUT2D eigenvalue weighted by Gasteiger charge is 2.19. The van der Waals surface area contributed by atoms with Crippen LogP contribution in [-0.2, 0) is 6.54 Å². The molecule has 120 valence electrons. The fourth-order valence-corrected chi connectivity index (χ4v) is 3.34. The molecular formula is C14H26N4O2S. The maximum absolute atomic E-state index is 9.40. The van der Waals surface area contributed by atoms with Crippen molar-refractivity contribution in [2.75, 3.05) is 32.8 Å². The summed E-state index contributed by atoms with van der Waals surface area (Å²) in [6.45, 7) is 9.19. The lowest BCUT2D eigenvalue weighted by atomic mass is 9.96. The Hall–Kier alpha value is -0.760. The van der Waals surface area contributed by atoms with Gasteiger partial charge in [-0.15, -0.1) is 10.2 Å².